The van der Waals surface area contributed by atoms with Gasteiger partial charge in [-0.1, -0.05) is 38.1 Å². The molecule has 90 valence electrons. The van der Waals surface area contributed by atoms with Gasteiger partial charge in [-0.15, -0.1) is 0 Å². The minimum Gasteiger partial charge on any atom is -0.305 e. The van der Waals surface area contributed by atoms with Crippen LogP contribution in [0.2, 0.25) is 0 Å². The van der Waals surface area contributed by atoms with Crippen LogP contribution in [0.5, 0.6) is 0 Å². The van der Waals surface area contributed by atoms with Crippen LogP contribution in [0.4, 0.5) is 0 Å². The second kappa shape index (κ2) is 5.46. The fraction of sp³-hybridized carbons (Fsp3) is 0.571. The standard InChI is InChI=1S/C12H18N2.C2H6/c1-12(2)10-7-5-4-6-9(10)8-11(13-3)14-12;1-2/h4-7,11,13-14H,8H2,1-3H3;1-2H3. The summed E-state index contributed by atoms with van der Waals surface area (Å²) < 4.78 is 0. The number of rotatable bonds is 1. The molecule has 0 saturated heterocycles. The van der Waals surface area contributed by atoms with Crippen LogP contribution < -0.4 is 10.6 Å². The van der Waals surface area contributed by atoms with Gasteiger partial charge in [-0.05, 0) is 32.0 Å². The predicted molar refractivity (Wildman–Crippen MR) is 70.5 cm³/mol. The normalized spacial score (nSPS) is 21.7. The van der Waals surface area contributed by atoms with Gasteiger partial charge in [-0.2, -0.15) is 0 Å². The maximum atomic E-state index is 3.59. The van der Waals surface area contributed by atoms with Crippen molar-refractivity contribution in [3.05, 3.63) is 35.4 Å². The molecule has 0 spiro atoms. The van der Waals surface area contributed by atoms with Gasteiger partial charge in [0.25, 0.3) is 0 Å². The SMILES string of the molecule is CC.CNC1Cc2ccccc2C(C)(C)N1. The van der Waals surface area contributed by atoms with Crippen LogP contribution in [0.15, 0.2) is 24.3 Å². The van der Waals surface area contributed by atoms with E-state index in [9.17, 15) is 0 Å². The lowest BCUT2D eigenvalue weighted by Gasteiger charge is -2.39. The summed E-state index contributed by atoms with van der Waals surface area (Å²) in [6.45, 7) is 8.46. The molecule has 1 unspecified atom stereocenters. The average molecular weight is 220 g/mol. The molecule has 2 nitrogen and oxygen atoms in total. The van der Waals surface area contributed by atoms with Crippen molar-refractivity contribution in [2.75, 3.05) is 7.05 Å². The highest BCUT2D eigenvalue weighted by Crippen LogP contribution is 2.28. The molecular formula is C14H24N2. The van der Waals surface area contributed by atoms with Crippen LogP contribution in [0.3, 0.4) is 0 Å². The van der Waals surface area contributed by atoms with E-state index in [-0.39, 0.29) is 5.54 Å². The number of fused-ring (bicyclic) bond motifs is 1. The number of hydrogen-bond donors (Lipinski definition) is 2. The van der Waals surface area contributed by atoms with E-state index in [2.05, 4.69) is 48.7 Å². The van der Waals surface area contributed by atoms with Crippen molar-refractivity contribution >= 4 is 0 Å². The fourth-order valence-corrected chi connectivity index (χ4v) is 2.27. The Labute approximate surface area is 99.5 Å². The predicted octanol–water partition coefficient (Wildman–Crippen LogP) is 2.64. The lowest BCUT2D eigenvalue weighted by molar-refractivity contribution is 0.288. The quantitative estimate of drug-likeness (QED) is 0.760. The van der Waals surface area contributed by atoms with E-state index in [0.29, 0.717) is 6.17 Å². The second-order valence-corrected chi connectivity index (χ2v) is 4.47. The molecule has 0 fully saturated rings. The summed E-state index contributed by atoms with van der Waals surface area (Å²) in [7, 11) is 2.00. The molecule has 0 saturated carbocycles. The van der Waals surface area contributed by atoms with Crippen LogP contribution in [0.1, 0.15) is 38.8 Å². The van der Waals surface area contributed by atoms with Gasteiger partial charge in [-0.3, -0.25) is 5.32 Å². The van der Waals surface area contributed by atoms with Crippen molar-refractivity contribution < 1.29 is 0 Å². The number of benzene rings is 1. The van der Waals surface area contributed by atoms with E-state index in [1.54, 1.807) is 0 Å². The maximum absolute atomic E-state index is 3.59. The Hall–Kier alpha value is -0.860. The molecule has 0 aliphatic carbocycles. The van der Waals surface area contributed by atoms with Gasteiger partial charge in [0.1, 0.15) is 0 Å². The zero-order valence-electron chi connectivity index (χ0n) is 11.1. The van der Waals surface area contributed by atoms with E-state index >= 15 is 0 Å². The molecule has 2 heteroatoms. The Morgan fingerprint density at radius 1 is 1.25 bits per heavy atom. The van der Waals surface area contributed by atoms with E-state index in [1.807, 2.05) is 20.9 Å². The molecule has 2 rings (SSSR count). The van der Waals surface area contributed by atoms with Crippen molar-refractivity contribution in [1.82, 2.24) is 10.6 Å². The maximum Gasteiger partial charge on any atom is 0.0617 e. The number of hydrogen-bond acceptors (Lipinski definition) is 2. The van der Waals surface area contributed by atoms with Crippen molar-refractivity contribution in [1.29, 1.82) is 0 Å². The van der Waals surface area contributed by atoms with Gasteiger partial charge in [0, 0.05) is 12.0 Å². The zero-order valence-corrected chi connectivity index (χ0v) is 11.1. The van der Waals surface area contributed by atoms with Crippen LogP contribution in [0.25, 0.3) is 0 Å². The van der Waals surface area contributed by atoms with E-state index in [4.69, 9.17) is 0 Å². The summed E-state index contributed by atoms with van der Waals surface area (Å²) in [6, 6.07) is 8.67. The smallest absolute Gasteiger partial charge is 0.0617 e. The molecule has 1 aromatic rings. The van der Waals surface area contributed by atoms with Crippen LogP contribution in [-0.4, -0.2) is 13.2 Å². The van der Waals surface area contributed by atoms with Crippen molar-refractivity contribution in [3.8, 4) is 0 Å². The Morgan fingerprint density at radius 3 is 2.50 bits per heavy atom. The van der Waals surface area contributed by atoms with E-state index in [0.717, 1.165) is 6.42 Å². The summed E-state index contributed by atoms with van der Waals surface area (Å²) in [6.07, 6.45) is 1.45. The molecule has 0 amide bonds. The van der Waals surface area contributed by atoms with Gasteiger partial charge in [-0.25, -0.2) is 0 Å². The molecule has 1 atom stereocenters. The van der Waals surface area contributed by atoms with Gasteiger partial charge in [0.15, 0.2) is 0 Å². The van der Waals surface area contributed by atoms with Crippen molar-refractivity contribution in [2.24, 2.45) is 0 Å². The molecule has 1 aromatic carbocycles. The van der Waals surface area contributed by atoms with Gasteiger partial charge in [0.2, 0.25) is 0 Å². The van der Waals surface area contributed by atoms with E-state index < -0.39 is 0 Å². The highest BCUT2D eigenvalue weighted by atomic mass is 15.2. The first-order chi connectivity index (χ1) is 7.63. The van der Waals surface area contributed by atoms with Gasteiger partial charge >= 0.3 is 0 Å². The third-order valence-electron chi connectivity index (χ3n) is 3.00. The first kappa shape index (κ1) is 13.2. The largest absolute Gasteiger partial charge is 0.305 e. The Bertz CT molecular complexity index is 331. The molecule has 1 aliphatic heterocycles. The highest BCUT2D eigenvalue weighted by Gasteiger charge is 2.30. The van der Waals surface area contributed by atoms with Gasteiger partial charge < -0.3 is 5.32 Å². The molecule has 2 N–H and O–H groups in total. The molecular weight excluding hydrogens is 196 g/mol. The molecule has 0 radical (unpaired) electrons. The Morgan fingerprint density at radius 2 is 1.88 bits per heavy atom. The highest BCUT2D eigenvalue weighted by molar-refractivity contribution is 5.35. The van der Waals surface area contributed by atoms with Crippen LogP contribution in [0, 0.1) is 0 Å². The van der Waals surface area contributed by atoms with Crippen molar-refractivity contribution in [2.45, 2.75) is 45.8 Å². The summed E-state index contributed by atoms with van der Waals surface area (Å²) >= 11 is 0. The minimum absolute atomic E-state index is 0.0719. The van der Waals surface area contributed by atoms with E-state index in [1.165, 1.54) is 11.1 Å². The van der Waals surface area contributed by atoms with Crippen LogP contribution >= 0.6 is 0 Å². The molecule has 0 aromatic heterocycles. The first-order valence-electron chi connectivity index (χ1n) is 6.17. The number of nitrogens with one attached hydrogen (secondary N) is 2. The zero-order chi connectivity index (χ0) is 12.2. The minimum atomic E-state index is 0.0719. The Kier molecular flexibility index (Phi) is 4.51. The first-order valence-corrected chi connectivity index (χ1v) is 6.17. The summed E-state index contributed by atoms with van der Waals surface area (Å²) in [5.41, 5.74) is 2.95. The molecule has 1 heterocycles. The third-order valence-corrected chi connectivity index (χ3v) is 3.00. The summed E-state index contributed by atoms with van der Waals surface area (Å²) in [5, 5.41) is 6.88. The molecule has 0 bridgehead atoms. The molecule has 1 aliphatic rings. The third kappa shape index (κ3) is 2.63. The summed E-state index contributed by atoms with van der Waals surface area (Å²) in [5.74, 6) is 0. The van der Waals surface area contributed by atoms with Gasteiger partial charge in [0.05, 0.1) is 6.17 Å². The Balaban J connectivity index is 0.000000606. The monoisotopic (exact) mass is 220 g/mol. The second-order valence-electron chi connectivity index (χ2n) is 4.47. The fourth-order valence-electron chi connectivity index (χ4n) is 2.27. The van der Waals surface area contributed by atoms with Crippen molar-refractivity contribution in [3.63, 3.8) is 0 Å². The van der Waals surface area contributed by atoms with Crippen LogP contribution in [-0.2, 0) is 12.0 Å². The lowest BCUT2D eigenvalue weighted by Crippen LogP contribution is -2.54. The number of likely N-dealkylation sites (N-methyl/N-ethyl adjacent to an activating group) is 1. The topological polar surface area (TPSA) is 24.1 Å². The summed E-state index contributed by atoms with van der Waals surface area (Å²) in [4.78, 5) is 0. The average Bonchev–Trinajstić information content (AvgIpc) is 2.31. The lowest BCUT2D eigenvalue weighted by atomic mass is 9.84. The molecule has 16 heavy (non-hydrogen) atoms.